The highest BCUT2D eigenvalue weighted by Crippen LogP contribution is 2.29. The molecule has 0 heterocycles. The highest BCUT2D eigenvalue weighted by molar-refractivity contribution is 7.99. The van der Waals surface area contributed by atoms with Crippen LogP contribution in [0.25, 0.3) is 0 Å². The van der Waals surface area contributed by atoms with Crippen molar-refractivity contribution < 1.29 is 9.59 Å². The van der Waals surface area contributed by atoms with Gasteiger partial charge in [0.2, 0.25) is 5.78 Å². The third-order valence-electron chi connectivity index (χ3n) is 5.34. The second kappa shape index (κ2) is 13.0. The van der Waals surface area contributed by atoms with Gasteiger partial charge >= 0.3 is 0 Å². The first kappa shape index (κ1) is 26.4. The maximum absolute atomic E-state index is 12.9. The van der Waals surface area contributed by atoms with Crippen molar-refractivity contribution in [3.05, 3.63) is 125 Å². The minimum atomic E-state index is -0.0676. The zero-order chi connectivity index (χ0) is 25.3. The summed E-state index contributed by atoms with van der Waals surface area (Å²) in [6, 6.07) is 32.0. The Kier molecular flexibility index (Phi) is 9.54. The van der Waals surface area contributed by atoms with Crippen LogP contribution in [0.15, 0.2) is 123 Å². The second-order valence-electron chi connectivity index (χ2n) is 7.80. The van der Waals surface area contributed by atoms with Gasteiger partial charge in [0.1, 0.15) is 0 Å². The van der Waals surface area contributed by atoms with Crippen LogP contribution in [0.3, 0.4) is 0 Å². The molecule has 0 N–H and O–H groups in total. The van der Waals surface area contributed by atoms with E-state index in [1.54, 1.807) is 23.5 Å². The molecule has 0 aromatic heterocycles. The number of halogens is 1. The van der Waals surface area contributed by atoms with E-state index in [0.29, 0.717) is 33.8 Å². The standard InChI is InChI=1S/C29H23ClNO2PS2/c30-23-10-16-24(17-11-23)35-19-18-27(31-34)29(33)22-8-14-26(15-9-22)36-25-12-6-21(7-13-25)28(32)20-4-2-1-3-5-20/h1-17H,18-19,34H2. The predicted octanol–water partition coefficient (Wildman–Crippen LogP) is 8.32. The van der Waals surface area contributed by atoms with Crippen LogP contribution in [-0.2, 0) is 0 Å². The van der Waals surface area contributed by atoms with Gasteiger partial charge in [-0.3, -0.25) is 14.4 Å². The largest absolute Gasteiger partial charge is 0.289 e. The fourth-order valence-electron chi connectivity index (χ4n) is 3.44. The van der Waals surface area contributed by atoms with Gasteiger partial charge in [0.05, 0.1) is 5.71 Å². The van der Waals surface area contributed by atoms with Crippen molar-refractivity contribution in [2.45, 2.75) is 21.1 Å². The Morgan fingerprint density at radius 3 is 1.81 bits per heavy atom. The van der Waals surface area contributed by atoms with Crippen LogP contribution in [0.2, 0.25) is 5.02 Å². The Labute approximate surface area is 227 Å². The summed E-state index contributed by atoms with van der Waals surface area (Å²) < 4.78 is 4.16. The lowest BCUT2D eigenvalue weighted by molar-refractivity contribution is 0.103. The van der Waals surface area contributed by atoms with Gasteiger partial charge < -0.3 is 0 Å². The number of nitrogens with zero attached hydrogens (tertiary/aromatic N) is 1. The van der Waals surface area contributed by atoms with Gasteiger partial charge in [-0.1, -0.05) is 53.7 Å². The molecule has 4 aromatic carbocycles. The maximum Gasteiger partial charge on any atom is 0.207 e. The molecule has 0 saturated heterocycles. The van der Waals surface area contributed by atoms with Gasteiger partial charge in [0.25, 0.3) is 0 Å². The smallest absolute Gasteiger partial charge is 0.207 e. The molecule has 1 unspecified atom stereocenters. The van der Waals surface area contributed by atoms with E-state index < -0.39 is 0 Å². The molecule has 7 heteroatoms. The number of Topliss-reactive ketones (excluding diaryl/α,β-unsaturated/α-hetero) is 1. The van der Waals surface area contributed by atoms with Crippen molar-refractivity contribution in [2.24, 2.45) is 4.76 Å². The summed E-state index contributed by atoms with van der Waals surface area (Å²) in [5.41, 5.74) is 2.47. The number of benzene rings is 4. The molecule has 0 spiro atoms. The summed E-state index contributed by atoms with van der Waals surface area (Å²) in [6.07, 6.45) is 0.570. The first-order valence-corrected chi connectivity index (χ1v) is 13.9. The van der Waals surface area contributed by atoms with Gasteiger partial charge in [-0.25, -0.2) is 0 Å². The molecule has 0 fully saturated rings. The molecule has 0 aliphatic rings. The molecule has 0 aliphatic heterocycles. The van der Waals surface area contributed by atoms with Gasteiger partial charge in [0, 0.05) is 48.6 Å². The van der Waals surface area contributed by atoms with Gasteiger partial charge in [-0.05, 0) is 82.2 Å². The second-order valence-corrected chi connectivity index (χ2v) is 10.8. The molecular weight excluding hydrogens is 525 g/mol. The number of carbonyl (C=O) groups is 2. The van der Waals surface area contributed by atoms with E-state index in [9.17, 15) is 9.59 Å². The molecule has 1 atom stereocenters. The molecule has 0 amide bonds. The van der Waals surface area contributed by atoms with Crippen molar-refractivity contribution in [3.8, 4) is 0 Å². The molecule has 3 nitrogen and oxygen atoms in total. The summed E-state index contributed by atoms with van der Waals surface area (Å²) in [6.45, 7) is 0. The zero-order valence-electron chi connectivity index (χ0n) is 19.3. The Morgan fingerprint density at radius 2 is 1.22 bits per heavy atom. The third-order valence-corrected chi connectivity index (χ3v) is 7.94. The van der Waals surface area contributed by atoms with Crippen LogP contribution >= 0.6 is 44.5 Å². The molecule has 4 rings (SSSR count). The molecule has 0 radical (unpaired) electrons. The predicted molar refractivity (Wildman–Crippen MR) is 155 cm³/mol. The Hall–Kier alpha value is -2.69. The topological polar surface area (TPSA) is 46.5 Å². The van der Waals surface area contributed by atoms with Crippen molar-refractivity contribution in [3.63, 3.8) is 0 Å². The van der Waals surface area contributed by atoms with E-state index in [1.807, 2.05) is 103 Å². The third kappa shape index (κ3) is 7.18. The number of thioether (sulfide) groups is 1. The summed E-state index contributed by atoms with van der Waals surface area (Å²) in [4.78, 5) is 28.7. The van der Waals surface area contributed by atoms with Crippen molar-refractivity contribution in [1.82, 2.24) is 0 Å². The summed E-state index contributed by atoms with van der Waals surface area (Å²) >= 11 is 9.18. The minimum absolute atomic E-state index is 0.00753. The summed E-state index contributed by atoms with van der Waals surface area (Å²) in [5.74, 6) is 0.687. The normalized spacial score (nSPS) is 11.3. The number of carbonyl (C=O) groups excluding carboxylic acids is 2. The monoisotopic (exact) mass is 547 g/mol. The highest BCUT2D eigenvalue weighted by Gasteiger charge is 2.14. The van der Waals surface area contributed by atoms with Crippen molar-refractivity contribution in [1.29, 1.82) is 0 Å². The van der Waals surface area contributed by atoms with E-state index in [-0.39, 0.29) is 11.6 Å². The first-order chi connectivity index (χ1) is 17.5. The van der Waals surface area contributed by atoms with E-state index in [4.69, 9.17) is 11.6 Å². The quantitative estimate of drug-likeness (QED) is 0.0866. The van der Waals surface area contributed by atoms with Crippen LogP contribution < -0.4 is 0 Å². The Balaban J connectivity index is 1.33. The van der Waals surface area contributed by atoms with Gasteiger partial charge in [0.15, 0.2) is 5.78 Å². The summed E-state index contributed by atoms with van der Waals surface area (Å²) in [5, 5.41) is 0.707. The summed E-state index contributed by atoms with van der Waals surface area (Å²) in [7, 11) is 2.31. The van der Waals surface area contributed by atoms with E-state index in [1.165, 1.54) is 0 Å². The van der Waals surface area contributed by atoms with Crippen LogP contribution in [-0.4, -0.2) is 23.0 Å². The molecule has 4 aromatic rings. The fraction of sp³-hybridized carbons (Fsp3) is 0.0690. The van der Waals surface area contributed by atoms with E-state index in [0.717, 1.165) is 20.4 Å². The average Bonchev–Trinajstić information content (AvgIpc) is 2.93. The maximum atomic E-state index is 12.9. The first-order valence-electron chi connectivity index (χ1n) is 11.2. The van der Waals surface area contributed by atoms with Gasteiger partial charge in [-0.2, -0.15) is 0 Å². The number of rotatable bonds is 10. The van der Waals surface area contributed by atoms with Crippen LogP contribution in [0, 0.1) is 0 Å². The lowest BCUT2D eigenvalue weighted by Crippen LogP contribution is -2.14. The van der Waals surface area contributed by atoms with Crippen molar-refractivity contribution in [2.75, 3.05) is 5.75 Å². The highest BCUT2D eigenvalue weighted by atomic mass is 35.5. The molecule has 0 aliphatic carbocycles. The van der Waals surface area contributed by atoms with Crippen LogP contribution in [0.5, 0.6) is 0 Å². The van der Waals surface area contributed by atoms with Crippen LogP contribution in [0.1, 0.15) is 32.7 Å². The lowest BCUT2D eigenvalue weighted by atomic mass is 10.0. The Morgan fingerprint density at radius 1 is 0.694 bits per heavy atom. The average molecular weight is 548 g/mol. The van der Waals surface area contributed by atoms with E-state index >= 15 is 0 Å². The number of ketones is 2. The molecule has 0 bridgehead atoms. The Bertz CT molecular complexity index is 1360. The zero-order valence-corrected chi connectivity index (χ0v) is 22.8. The van der Waals surface area contributed by atoms with Crippen molar-refractivity contribution >= 4 is 61.8 Å². The molecular formula is C29H23ClNO2PS2. The molecule has 180 valence electrons. The lowest BCUT2D eigenvalue weighted by Gasteiger charge is -2.07. The fourth-order valence-corrected chi connectivity index (χ4v) is 5.49. The number of hydrogen-bond acceptors (Lipinski definition) is 5. The van der Waals surface area contributed by atoms with Gasteiger partial charge in [-0.15, -0.1) is 11.8 Å². The van der Waals surface area contributed by atoms with Crippen LogP contribution in [0.4, 0.5) is 0 Å². The number of hydrogen-bond donors (Lipinski definition) is 0. The van der Waals surface area contributed by atoms with E-state index in [2.05, 4.69) is 14.2 Å². The SMILES string of the molecule is O=C(C(CCSc1ccc(Cl)cc1)=NP)c1ccc(Sc2ccc(C(=O)c3ccccc3)cc2)cc1. The minimum Gasteiger partial charge on any atom is -0.289 e. The molecule has 0 saturated carbocycles. The molecule has 36 heavy (non-hydrogen) atoms.